The maximum absolute atomic E-state index is 5.84. The average Bonchev–Trinajstić information content (AvgIpc) is 2.85. The van der Waals surface area contributed by atoms with Crippen LogP contribution in [0.4, 0.5) is 0 Å². The highest BCUT2D eigenvalue weighted by molar-refractivity contribution is 7.76. The van der Waals surface area contributed by atoms with Gasteiger partial charge in [-0.3, -0.25) is 4.52 Å². The van der Waals surface area contributed by atoms with Gasteiger partial charge in [0, 0.05) is 0 Å². The van der Waals surface area contributed by atoms with Crippen molar-refractivity contribution in [2.24, 2.45) is 5.92 Å². The summed E-state index contributed by atoms with van der Waals surface area (Å²) in [5, 5.41) is 0. The normalized spacial score (nSPS) is 46.7. The van der Waals surface area contributed by atoms with Gasteiger partial charge in [0.25, 0.3) is 0 Å². The molecule has 2 fully saturated rings. The number of ether oxygens (including phenoxy) is 1. The van der Waals surface area contributed by atoms with Crippen LogP contribution >= 0.6 is 19.0 Å². The van der Waals surface area contributed by atoms with Crippen LogP contribution < -0.4 is 0 Å². The first-order valence-corrected chi connectivity index (χ1v) is 6.22. The van der Waals surface area contributed by atoms with Gasteiger partial charge in [-0.2, -0.15) is 0 Å². The van der Waals surface area contributed by atoms with Gasteiger partial charge in [0.1, 0.15) is 12.4 Å². The van der Waals surface area contributed by atoms with Crippen molar-refractivity contribution in [3.63, 3.8) is 0 Å². The molecule has 3 unspecified atom stereocenters. The van der Waals surface area contributed by atoms with E-state index in [1.165, 1.54) is 0 Å². The number of fused-ring (bicyclic) bond motifs is 2. The van der Waals surface area contributed by atoms with Crippen molar-refractivity contribution < 1.29 is 13.8 Å². The zero-order chi connectivity index (χ0) is 8.89. The maximum Gasteiger partial charge on any atom is 0.340 e. The standard InChI is InChI=1S/C8H8ClO3P/c9-13-11-7-4-2-1-3-6(7)8(12-13)5-10-8/h1-2,4,6H,3,5H2. The molecule has 0 aromatic rings. The Bertz CT molecular complexity index is 298. The Labute approximate surface area is 82.0 Å². The van der Waals surface area contributed by atoms with Crippen molar-refractivity contribution in [3.05, 3.63) is 24.0 Å². The third-order valence-electron chi connectivity index (χ3n) is 2.48. The molecule has 2 aliphatic heterocycles. The minimum atomic E-state index is -1.32. The molecule has 13 heavy (non-hydrogen) atoms. The van der Waals surface area contributed by atoms with Crippen LogP contribution in [0.25, 0.3) is 0 Å². The number of rotatable bonds is 0. The maximum atomic E-state index is 5.84. The molecule has 1 spiro atoms. The second kappa shape index (κ2) is 2.71. The lowest BCUT2D eigenvalue weighted by Gasteiger charge is -2.33. The molecule has 3 atom stereocenters. The highest BCUT2D eigenvalue weighted by atomic mass is 35.7. The fourth-order valence-electron chi connectivity index (χ4n) is 1.71. The minimum absolute atomic E-state index is 0.204. The molecule has 5 heteroatoms. The number of epoxide rings is 1. The molecule has 3 nitrogen and oxygen atoms in total. The quantitative estimate of drug-likeness (QED) is 0.463. The Kier molecular flexibility index (Phi) is 1.72. The van der Waals surface area contributed by atoms with Gasteiger partial charge in [-0.1, -0.05) is 12.2 Å². The third kappa shape index (κ3) is 1.23. The molecule has 2 saturated heterocycles. The van der Waals surface area contributed by atoms with Crippen molar-refractivity contribution in [2.75, 3.05) is 6.61 Å². The highest BCUT2D eigenvalue weighted by Gasteiger charge is 2.60. The highest BCUT2D eigenvalue weighted by Crippen LogP contribution is 2.62. The third-order valence-corrected chi connectivity index (χ3v) is 3.70. The van der Waals surface area contributed by atoms with E-state index in [-0.39, 0.29) is 5.92 Å². The minimum Gasteiger partial charge on any atom is -0.440 e. The number of allylic oxidation sites excluding steroid dienone is 3. The van der Waals surface area contributed by atoms with E-state index in [9.17, 15) is 0 Å². The fraction of sp³-hybridized carbons (Fsp3) is 0.500. The molecule has 0 radical (unpaired) electrons. The molecule has 0 amide bonds. The van der Waals surface area contributed by atoms with Gasteiger partial charge in [0.2, 0.25) is 5.79 Å². The lowest BCUT2D eigenvalue weighted by atomic mass is 9.93. The molecule has 3 aliphatic rings. The largest absolute Gasteiger partial charge is 0.440 e. The van der Waals surface area contributed by atoms with Crippen LogP contribution in [0.15, 0.2) is 24.0 Å². The average molecular weight is 219 g/mol. The second-order valence-electron chi connectivity index (χ2n) is 3.28. The molecule has 3 rings (SSSR count). The number of hydrogen-bond donors (Lipinski definition) is 0. The summed E-state index contributed by atoms with van der Waals surface area (Å²) in [5.74, 6) is 0.657. The number of halogens is 1. The van der Waals surface area contributed by atoms with E-state index in [0.29, 0.717) is 6.61 Å². The van der Waals surface area contributed by atoms with Crippen LogP contribution in [-0.2, 0) is 13.8 Å². The Balaban J connectivity index is 1.94. The van der Waals surface area contributed by atoms with Crippen molar-refractivity contribution in [3.8, 4) is 0 Å². The van der Waals surface area contributed by atoms with Crippen molar-refractivity contribution in [1.82, 2.24) is 0 Å². The van der Waals surface area contributed by atoms with Gasteiger partial charge in [0.15, 0.2) is 0 Å². The molecule has 70 valence electrons. The zero-order valence-corrected chi connectivity index (χ0v) is 8.42. The zero-order valence-electron chi connectivity index (χ0n) is 6.77. The van der Waals surface area contributed by atoms with Crippen LogP contribution in [0.3, 0.4) is 0 Å². The van der Waals surface area contributed by atoms with Crippen LogP contribution in [0.2, 0.25) is 0 Å². The first-order chi connectivity index (χ1) is 6.30. The molecule has 1 aliphatic carbocycles. The first kappa shape index (κ1) is 8.25. The predicted octanol–water partition coefficient (Wildman–Crippen LogP) is 2.69. The first-order valence-electron chi connectivity index (χ1n) is 4.14. The van der Waals surface area contributed by atoms with E-state index < -0.39 is 13.5 Å². The SMILES string of the molecule is ClP1OC2=CC=CCC2C2(CO2)O1. The Morgan fingerprint density at radius 3 is 3.23 bits per heavy atom. The van der Waals surface area contributed by atoms with Crippen molar-refractivity contribution >= 4 is 19.0 Å². The summed E-state index contributed by atoms with van der Waals surface area (Å²) in [4.78, 5) is 0. The predicted molar refractivity (Wildman–Crippen MR) is 49.0 cm³/mol. The van der Waals surface area contributed by atoms with Crippen LogP contribution in [0.5, 0.6) is 0 Å². The molecule has 0 aromatic heterocycles. The van der Waals surface area contributed by atoms with E-state index in [0.717, 1.165) is 12.2 Å². The van der Waals surface area contributed by atoms with Crippen LogP contribution in [0, 0.1) is 5.92 Å². The fourth-order valence-corrected chi connectivity index (χ4v) is 3.17. The van der Waals surface area contributed by atoms with E-state index in [1.54, 1.807) is 0 Å². The molecule has 0 saturated carbocycles. The molecule has 0 aromatic carbocycles. The summed E-state index contributed by atoms with van der Waals surface area (Å²) in [6.07, 6.45) is 6.92. The van der Waals surface area contributed by atoms with Crippen LogP contribution in [0.1, 0.15) is 6.42 Å². The number of hydrogen-bond acceptors (Lipinski definition) is 3. The summed E-state index contributed by atoms with van der Waals surface area (Å²) in [6.45, 7) is 0.637. The molecule has 0 bridgehead atoms. The summed E-state index contributed by atoms with van der Waals surface area (Å²) < 4.78 is 16.2. The molecular formula is C8H8ClO3P. The summed E-state index contributed by atoms with van der Waals surface area (Å²) >= 11 is 5.84. The summed E-state index contributed by atoms with van der Waals surface area (Å²) in [6, 6.07) is 0. The van der Waals surface area contributed by atoms with Gasteiger partial charge in [-0.15, -0.1) is 0 Å². The van der Waals surface area contributed by atoms with Gasteiger partial charge in [0.05, 0.1) is 5.92 Å². The lowest BCUT2D eigenvalue weighted by Crippen LogP contribution is -2.32. The van der Waals surface area contributed by atoms with Gasteiger partial charge < -0.3 is 9.26 Å². The monoisotopic (exact) mass is 218 g/mol. The molecular weight excluding hydrogens is 211 g/mol. The van der Waals surface area contributed by atoms with E-state index in [1.807, 2.05) is 12.2 Å². The Hall–Kier alpha value is -0.0800. The Morgan fingerprint density at radius 1 is 1.62 bits per heavy atom. The lowest BCUT2D eigenvalue weighted by molar-refractivity contribution is -0.0124. The van der Waals surface area contributed by atoms with Gasteiger partial charge >= 0.3 is 7.73 Å². The van der Waals surface area contributed by atoms with E-state index >= 15 is 0 Å². The van der Waals surface area contributed by atoms with Crippen LogP contribution in [-0.4, -0.2) is 12.4 Å². The van der Waals surface area contributed by atoms with E-state index in [4.69, 9.17) is 25.0 Å². The van der Waals surface area contributed by atoms with E-state index in [2.05, 4.69) is 6.08 Å². The molecule has 2 heterocycles. The second-order valence-corrected chi connectivity index (χ2v) is 4.90. The summed E-state index contributed by atoms with van der Waals surface area (Å²) in [5.41, 5.74) is 0. The van der Waals surface area contributed by atoms with Gasteiger partial charge in [-0.05, 0) is 23.7 Å². The smallest absolute Gasteiger partial charge is 0.340 e. The topological polar surface area (TPSA) is 31.0 Å². The molecule has 0 N–H and O–H groups in total. The van der Waals surface area contributed by atoms with Crippen molar-refractivity contribution in [1.29, 1.82) is 0 Å². The van der Waals surface area contributed by atoms with Gasteiger partial charge in [-0.25, -0.2) is 0 Å². The van der Waals surface area contributed by atoms with Crippen molar-refractivity contribution in [2.45, 2.75) is 12.2 Å². The Morgan fingerprint density at radius 2 is 2.46 bits per heavy atom. The summed E-state index contributed by atoms with van der Waals surface area (Å²) in [7, 11) is -1.32.